The van der Waals surface area contributed by atoms with Crippen LogP contribution in [-0.2, 0) is 11.8 Å². The number of fused-ring (bicyclic) bond motifs is 3. The third-order valence-corrected chi connectivity index (χ3v) is 8.86. The summed E-state index contributed by atoms with van der Waals surface area (Å²) in [6.45, 7) is 11.7. The summed E-state index contributed by atoms with van der Waals surface area (Å²) in [5, 5.41) is 3.79. The second kappa shape index (κ2) is 9.88. The summed E-state index contributed by atoms with van der Waals surface area (Å²) in [7, 11) is 0. The molecule has 2 aromatic rings. The van der Waals surface area contributed by atoms with Gasteiger partial charge in [0.15, 0.2) is 0 Å². The van der Waals surface area contributed by atoms with Crippen molar-refractivity contribution in [2.75, 3.05) is 13.1 Å². The van der Waals surface area contributed by atoms with Crippen molar-refractivity contribution in [2.24, 2.45) is 17.1 Å². The molecular formula is C30H43FN2. The Bertz CT molecular complexity index is 937. The summed E-state index contributed by atoms with van der Waals surface area (Å²) >= 11 is 0. The molecule has 0 saturated heterocycles. The Morgan fingerprint density at radius 2 is 1.79 bits per heavy atom. The highest BCUT2D eigenvalue weighted by molar-refractivity contribution is 5.42. The maximum absolute atomic E-state index is 13.1. The van der Waals surface area contributed by atoms with Gasteiger partial charge >= 0.3 is 0 Å². The van der Waals surface area contributed by atoms with E-state index in [0.717, 1.165) is 37.4 Å². The van der Waals surface area contributed by atoms with Gasteiger partial charge in [0.2, 0.25) is 0 Å². The van der Waals surface area contributed by atoms with E-state index in [1.165, 1.54) is 49.8 Å². The maximum Gasteiger partial charge on any atom is 0.123 e. The lowest BCUT2D eigenvalue weighted by Gasteiger charge is -2.55. The van der Waals surface area contributed by atoms with Crippen molar-refractivity contribution in [1.82, 2.24) is 5.32 Å². The van der Waals surface area contributed by atoms with Crippen LogP contribution in [0.1, 0.15) is 100 Å². The summed E-state index contributed by atoms with van der Waals surface area (Å²) in [6.07, 6.45) is 8.42. The molecule has 3 heteroatoms. The number of nitrogens with two attached hydrogens (primary N) is 1. The van der Waals surface area contributed by atoms with Crippen LogP contribution in [0.2, 0.25) is 0 Å². The second-order valence-electron chi connectivity index (χ2n) is 11.6. The molecule has 0 heterocycles. The van der Waals surface area contributed by atoms with E-state index >= 15 is 0 Å². The molecule has 2 aliphatic carbocycles. The molecule has 0 spiro atoms. The zero-order valence-electron chi connectivity index (χ0n) is 21.1. The second-order valence-corrected chi connectivity index (χ2v) is 11.6. The highest BCUT2D eigenvalue weighted by atomic mass is 19.1. The van der Waals surface area contributed by atoms with Crippen LogP contribution in [0, 0.1) is 17.2 Å². The minimum atomic E-state index is -0.203. The number of hydrogen-bond donors (Lipinski definition) is 2. The topological polar surface area (TPSA) is 38.0 Å². The van der Waals surface area contributed by atoms with Crippen LogP contribution in [0.15, 0.2) is 42.5 Å². The van der Waals surface area contributed by atoms with Gasteiger partial charge in [-0.2, -0.15) is 0 Å². The number of halogens is 1. The highest BCUT2D eigenvalue weighted by Crippen LogP contribution is 2.57. The Morgan fingerprint density at radius 3 is 2.52 bits per heavy atom. The van der Waals surface area contributed by atoms with E-state index in [1.807, 2.05) is 12.1 Å². The standard InChI is InChI=1S/C30H43FN2/c1-21(2)23-10-14-26-24(19-23)11-15-28-29(3,16-6-17-30(26,28)4)20-33-18-5-7-27(32)22-8-12-25(31)13-9-22/h8-10,12-14,19,21,27-28,33H,5-7,11,15-18,20,32H2,1-4H3/t27?,28-,29-,30+/m0/s1. The monoisotopic (exact) mass is 450 g/mol. The Hall–Kier alpha value is -1.71. The van der Waals surface area contributed by atoms with Crippen molar-refractivity contribution >= 4 is 0 Å². The molecule has 180 valence electrons. The molecule has 0 bridgehead atoms. The molecule has 4 atom stereocenters. The lowest BCUT2D eigenvalue weighted by Crippen LogP contribution is -2.52. The van der Waals surface area contributed by atoms with Gasteiger partial charge < -0.3 is 11.1 Å². The first-order valence-corrected chi connectivity index (χ1v) is 13.1. The fraction of sp³-hybridized carbons (Fsp3) is 0.600. The van der Waals surface area contributed by atoms with E-state index in [0.29, 0.717) is 16.7 Å². The molecule has 2 nitrogen and oxygen atoms in total. The van der Waals surface area contributed by atoms with E-state index in [-0.39, 0.29) is 11.9 Å². The first kappa shape index (κ1) is 24.4. The quantitative estimate of drug-likeness (QED) is 0.424. The first-order chi connectivity index (χ1) is 15.7. The van der Waals surface area contributed by atoms with E-state index in [4.69, 9.17) is 5.73 Å². The van der Waals surface area contributed by atoms with E-state index in [9.17, 15) is 4.39 Å². The van der Waals surface area contributed by atoms with Crippen LogP contribution in [0.25, 0.3) is 0 Å². The predicted octanol–water partition coefficient (Wildman–Crippen LogP) is 7.03. The summed E-state index contributed by atoms with van der Waals surface area (Å²) in [5.41, 5.74) is 12.7. The molecule has 0 radical (unpaired) electrons. The van der Waals surface area contributed by atoms with E-state index < -0.39 is 0 Å². The molecule has 0 aliphatic heterocycles. The van der Waals surface area contributed by atoms with Crippen LogP contribution < -0.4 is 11.1 Å². The van der Waals surface area contributed by atoms with Gasteiger partial charge in [-0.05, 0) is 102 Å². The number of hydrogen-bond acceptors (Lipinski definition) is 2. The van der Waals surface area contributed by atoms with Gasteiger partial charge in [0.25, 0.3) is 0 Å². The van der Waals surface area contributed by atoms with Gasteiger partial charge in [0.1, 0.15) is 5.82 Å². The molecule has 1 saturated carbocycles. The molecule has 2 aliphatic rings. The Morgan fingerprint density at radius 1 is 1.06 bits per heavy atom. The van der Waals surface area contributed by atoms with Crippen molar-refractivity contribution in [3.8, 4) is 0 Å². The highest BCUT2D eigenvalue weighted by Gasteiger charge is 2.51. The third kappa shape index (κ3) is 5.05. The molecule has 0 amide bonds. The zero-order valence-corrected chi connectivity index (χ0v) is 21.1. The van der Waals surface area contributed by atoms with Crippen molar-refractivity contribution < 1.29 is 4.39 Å². The van der Waals surface area contributed by atoms with Crippen molar-refractivity contribution in [2.45, 2.75) is 90.0 Å². The predicted molar refractivity (Wildman–Crippen MR) is 137 cm³/mol. The number of nitrogens with one attached hydrogen (secondary N) is 1. The fourth-order valence-corrected chi connectivity index (χ4v) is 6.91. The van der Waals surface area contributed by atoms with Gasteiger partial charge in [-0.15, -0.1) is 0 Å². The third-order valence-electron chi connectivity index (χ3n) is 8.86. The lowest BCUT2D eigenvalue weighted by atomic mass is 9.49. The molecule has 2 aromatic carbocycles. The number of aryl methyl sites for hydroxylation is 1. The molecule has 4 rings (SSSR count). The first-order valence-electron chi connectivity index (χ1n) is 13.1. The van der Waals surface area contributed by atoms with Crippen molar-refractivity contribution in [3.05, 3.63) is 70.5 Å². The molecule has 1 unspecified atom stereocenters. The summed E-state index contributed by atoms with van der Waals surface area (Å²) in [5.74, 6) is 1.12. The van der Waals surface area contributed by atoms with Gasteiger partial charge in [0, 0.05) is 12.6 Å². The minimum Gasteiger partial charge on any atom is -0.324 e. The van der Waals surface area contributed by atoms with Gasteiger partial charge in [0.05, 0.1) is 0 Å². The van der Waals surface area contributed by atoms with Gasteiger partial charge in [-0.3, -0.25) is 0 Å². The van der Waals surface area contributed by atoms with Crippen molar-refractivity contribution in [3.63, 3.8) is 0 Å². The van der Waals surface area contributed by atoms with Gasteiger partial charge in [-0.25, -0.2) is 4.39 Å². The Labute approximate surface area is 200 Å². The largest absolute Gasteiger partial charge is 0.324 e. The number of benzene rings is 2. The molecular weight excluding hydrogens is 407 g/mol. The summed E-state index contributed by atoms with van der Waals surface area (Å²) < 4.78 is 13.1. The molecule has 3 N–H and O–H groups in total. The average Bonchev–Trinajstić information content (AvgIpc) is 2.78. The smallest absolute Gasteiger partial charge is 0.123 e. The molecule has 1 fully saturated rings. The minimum absolute atomic E-state index is 0.0217. The average molecular weight is 451 g/mol. The Kier molecular flexibility index (Phi) is 7.31. The van der Waals surface area contributed by atoms with E-state index in [1.54, 1.807) is 11.1 Å². The molecule has 0 aromatic heterocycles. The van der Waals surface area contributed by atoms with Crippen LogP contribution in [-0.4, -0.2) is 13.1 Å². The lowest BCUT2D eigenvalue weighted by molar-refractivity contribution is 0.0260. The van der Waals surface area contributed by atoms with Gasteiger partial charge in [-0.1, -0.05) is 64.4 Å². The maximum atomic E-state index is 13.1. The van der Waals surface area contributed by atoms with Crippen LogP contribution in [0.4, 0.5) is 4.39 Å². The van der Waals surface area contributed by atoms with Crippen LogP contribution >= 0.6 is 0 Å². The Balaban J connectivity index is 1.35. The normalized spacial score (nSPS) is 27.8. The zero-order chi connectivity index (χ0) is 23.6. The van der Waals surface area contributed by atoms with Crippen LogP contribution in [0.3, 0.4) is 0 Å². The van der Waals surface area contributed by atoms with Crippen molar-refractivity contribution in [1.29, 1.82) is 0 Å². The number of rotatable bonds is 8. The fourth-order valence-electron chi connectivity index (χ4n) is 6.91. The summed E-state index contributed by atoms with van der Waals surface area (Å²) in [4.78, 5) is 0. The molecule has 33 heavy (non-hydrogen) atoms. The van der Waals surface area contributed by atoms with E-state index in [2.05, 4.69) is 51.2 Å². The van der Waals surface area contributed by atoms with Crippen LogP contribution in [0.5, 0.6) is 0 Å². The SMILES string of the molecule is CC(C)c1ccc2c(c1)CC[C@H]1[C@](C)(CNCCCC(N)c3ccc(F)cc3)CCC[C@]21C. The summed E-state index contributed by atoms with van der Waals surface area (Å²) in [6, 6.07) is 13.9.